The Morgan fingerprint density at radius 3 is 2.60 bits per heavy atom. The Morgan fingerprint density at radius 2 is 1.91 bits per heavy atom. The molecule has 186 valence electrons. The van der Waals surface area contributed by atoms with E-state index in [9.17, 15) is 9.90 Å². The molecule has 8 nitrogen and oxygen atoms in total. The third-order valence-corrected chi connectivity index (χ3v) is 6.42. The number of carbonyl (C=O) groups excluding carboxylic acids is 1. The number of aromatic nitrogens is 2. The first kappa shape index (κ1) is 23.5. The Morgan fingerprint density at radius 1 is 1.14 bits per heavy atom. The summed E-state index contributed by atoms with van der Waals surface area (Å²) in [7, 11) is 0. The van der Waals surface area contributed by atoms with Crippen molar-refractivity contribution in [3.63, 3.8) is 0 Å². The zero-order valence-corrected chi connectivity index (χ0v) is 20.5. The van der Waals surface area contributed by atoms with E-state index in [0.717, 1.165) is 53.6 Å². The number of fused-ring (bicyclic) bond motifs is 1. The molecule has 0 radical (unpaired) electrons. The normalized spacial score (nSPS) is 22.4. The molecule has 2 N–H and O–H groups in total. The van der Waals surface area contributed by atoms with Crippen molar-refractivity contribution in [2.75, 3.05) is 6.61 Å². The molecular formula is C27H33N3O5. The number of hydrogen-bond acceptors (Lipinski definition) is 6. The molecule has 1 unspecified atom stereocenters. The molecule has 1 saturated carbocycles. The second-order valence-corrected chi connectivity index (χ2v) is 10.4. The summed E-state index contributed by atoms with van der Waals surface area (Å²) in [5.41, 5.74) is 2.39. The van der Waals surface area contributed by atoms with Gasteiger partial charge in [-0.3, -0.25) is 0 Å². The lowest BCUT2D eigenvalue weighted by Gasteiger charge is -2.36. The quantitative estimate of drug-likeness (QED) is 0.499. The number of alkyl carbamates (subject to hydrolysis) is 1. The number of amides is 1. The maximum atomic E-state index is 12.1. The van der Waals surface area contributed by atoms with Crippen molar-refractivity contribution in [1.29, 1.82) is 0 Å². The Balaban J connectivity index is 1.38. The maximum Gasteiger partial charge on any atom is 0.407 e. The van der Waals surface area contributed by atoms with E-state index in [1.54, 1.807) is 12.1 Å². The summed E-state index contributed by atoms with van der Waals surface area (Å²) in [6.45, 7) is 6.29. The van der Waals surface area contributed by atoms with Gasteiger partial charge in [0.1, 0.15) is 23.2 Å². The van der Waals surface area contributed by atoms with Gasteiger partial charge in [-0.1, -0.05) is 12.1 Å². The summed E-state index contributed by atoms with van der Waals surface area (Å²) in [6, 6.07) is 11.3. The Hall–Kier alpha value is -3.26. The second kappa shape index (κ2) is 9.41. The first-order valence-corrected chi connectivity index (χ1v) is 12.3. The van der Waals surface area contributed by atoms with Gasteiger partial charge in [-0.15, -0.1) is 0 Å². The number of carbonyl (C=O) groups is 1. The van der Waals surface area contributed by atoms with Gasteiger partial charge in [0.15, 0.2) is 6.23 Å². The van der Waals surface area contributed by atoms with E-state index in [2.05, 4.69) is 16.5 Å². The molecule has 2 heterocycles. The molecule has 0 spiro atoms. The molecule has 1 aliphatic heterocycles. The molecule has 5 rings (SSSR count). The first-order chi connectivity index (χ1) is 16.7. The highest BCUT2D eigenvalue weighted by Crippen LogP contribution is 2.38. The largest absolute Gasteiger partial charge is 0.508 e. The van der Waals surface area contributed by atoms with E-state index in [1.807, 2.05) is 49.8 Å². The minimum absolute atomic E-state index is 0.0116. The third-order valence-electron chi connectivity index (χ3n) is 6.42. The Labute approximate surface area is 205 Å². The molecule has 1 atom stereocenters. The summed E-state index contributed by atoms with van der Waals surface area (Å²) in [5.74, 6) is 0.985. The summed E-state index contributed by atoms with van der Waals surface area (Å²) in [5, 5.41) is 18.2. The zero-order chi connectivity index (χ0) is 24.6. The fourth-order valence-electron chi connectivity index (χ4n) is 4.61. The minimum Gasteiger partial charge on any atom is -0.508 e. The first-order valence-electron chi connectivity index (χ1n) is 12.3. The van der Waals surface area contributed by atoms with Crippen LogP contribution in [0, 0.1) is 0 Å². The molecule has 1 saturated heterocycles. The molecule has 0 bridgehead atoms. The van der Waals surface area contributed by atoms with Crippen LogP contribution in [-0.2, 0) is 9.47 Å². The third kappa shape index (κ3) is 5.37. The minimum atomic E-state index is -0.522. The number of nitrogens with zero attached hydrogens (tertiary/aromatic N) is 2. The van der Waals surface area contributed by atoms with Gasteiger partial charge < -0.3 is 24.6 Å². The van der Waals surface area contributed by atoms with Crippen molar-refractivity contribution in [1.82, 2.24) is 15.1 Å². The summed E-state index contributed by atoms with van der Waals surface area (Å²) in [4.78, 5) is 12.1. The number of phenols is 1. The highest BCUT2D eigenvalue weighted by atomic mass is 16.6. The lowest BCUT2D eigenvalue weighted by molar-refractivity contribution is -0.0366. The highest BCUT2D eigenvalue weighted by Gasteiger charge is 2.34. The van der Waals surface area contributed by atoms with Crippen LogP contribution in [-0.4, -0.2) is 45.3 Å². The average molecular weight is 480 g/mol. The van der Waals surface area contributed by atoms with Gasteiger partial charge in [-0.25, -0.2) is 9.48 Å². The SMILES string of the molecule is CC(C)(C)OC(=O)NC1CC(Oc2cc(-c3ccc(O)cc3)cc3c2cnn3C2CCCCO2)C1. The Bertz CT molecular complexity index is 1190. The molecule has 1 aliphatic carbocycles. The molecule has 35 heavy (non-hydrogen) atoms. The number of benzene rings is 2. The van der Waals surface area contributed by atoms with Gasteiger partial charge >= 0.3 is 6.09 Å². The van der Waals surface area contributed by atoms with Crippen LogP contribution < -0.4 is 10.1 Å². The van der Waals surface area contributed by atoms with Gasteiger partial charge in [0.2, 0.25) is 0 Å². The van der Waals surface area contributed by atoms with Crippen molar-refractivity contribution in [3.8, 4) is 22.6 Å². The van der Waals surface area contributed by atoms with E-state index in [4.69, 9.17) is 14.2 Å². The predicted molar refractivity (Wildman–Crippen MR) is 132 cm³/mol. The van der Waals surface area contributed by atoms with Gasteiger partial charge in [0, 0.05) is 25.5 Å². The molecule has 2 aromatic carbocycles. The van der Waals surface area contributed by atoms with Crippen molar-refractivity contribution in [2.24, 2.45) is 0 Å². The summed E-state index contributed by atoms with van der Waals surface area (Å²) >= 11 is 0. The van der Waals surface area contributed by atoms with E-state index < -0.39 is 11.7 Å². The van der Waals surface area contributed by atoms with Crippen molar-refractivity contribution < 1.29 is 24.1 Å². The molecule has 2 fully saturated rings. The summed E-state index contributed by atoms with van der Waals surface area (Å²) in [6.07, 6.45) is 5.89. The number of phenolic OH excluding ortho intramolecular Hbond substituents is 1. The number of ether oxygens (including phenoxy) is 3. The van der Waals surface area contributed by atoms with Gasteiger partial charge in [0.25, 0.3) is 0 Å². The second-order valence-electron chi connectivity index (χ2n) is 10.4. The van der Waals surface area contributed by atoms with Crippen LogP contribution in [0.15, 0.2) is 42.6 Å². The molecule has 3 aromatic rings. The van der Waals surface area contributed by atoms with Crippen molar-refractivity contribution in [3.05, 3.63) is 42.6 Å². The molecule has 1 amide bonds. The molecule has 1 aromatic heterocycles. The number of rotatable bonds is 5. The molecule has 8 heteroatoms. The van der Waals surface area contributed by atoms with Crippen LogP contribution in [0.4, 0.5) is 4.79 Å². The lowest BCUT2D eigenvalue weighted by atomic mass is 9.89. The standard InChI is InChI=1S/C27H33N3O5/c1-27(2,3)35-26(32)29-19-14-21(15-19)34-24-13-18(17-7-9-20(31)10-8-17)12-23-22(24)16-28-30(23)25-6-4-5-11-33-25/h7-10,12-13,16,19,21,25,31H,4-6,11,14-15H2,1-3H3,(H,29,32). The van der Waals surface area contributed by atoms with E-state index in [-0.39, 0.29) is 24.1 Å². The fourth-order valence-corrected chi connectivity index (χ4v) is 4.61. The average Bonchev–Trinajstić information content (AvgIpc) is 3.22. The Kier molecular flexibility index (Phi) is 6.32. The fraction of sp³-hybridized carbons (Fsp3) is 0.481. The van der Waals surface area contributed by atoms with Crippen LogP contribution in [0.3, 0.4) is 0 Å². The lowest BCUT2D eigenvalue weighted by Crippen LogP contribution is -2.50. The van der Waals surface area contributed by atoms with Crippen molar-refractivity contribution in [2.45, 2.75) is 76.9 Å². The topological polar surface area (TPSA) is 94.8 Å². The van der Waals surface area contributed by atoms with Crippen LogP contribution in [0.1, 0.15) is 59.1 Å². The van der Waals surface area contributed by atoms with Crippen LogP contribution >= 0.6 is 0 Å². The van der Waals surface area contributed by atoms with Gasteiger partial charge in [0.05, 0.1) is 17.1 Å². The smallest absolute Gasteiger partial charge is 0.407 e. The monoisotopic (exact) mass is 479 g/mol. The number of hydrogen-bond donors (Lipinski definition) is 2. The van der Waals surface area contributed by atoms with Crippen molar-refractivity contribution >= 4 is 17.0 Å². The molecular weight excluding hydrogens is 446 g/mol. The maximum absolute atomic E-state index is 12.1. The number of nitrogens with one attached hydrogen (secondary N) is 1. The van der Waals surface area contributed by atoms with Crippen LogP contribution in [0.2, 0.25) is 0 Å². The summed E-state index contributed by atoms with van der Waals surface area (Å²) < 4.78 is 19.7. The van der Waals surface area contributed by atoms with Gasteiger partial charge in [-0.05, 0) is 75.4 Å². The zero-order valence-electron chi connectivity index (χ0n) is 20.5. The van der Waals surface area contributed by atoms with E-state index >= 15 is 0 Å². The molecule has 2 aliphatic rings. The van der Waals surface area contributed by atoms with E-state index in [0.29, 0.717) is 12.8 Å². The van der Waals surface area contributed by atoms with E-state index in [1.165, 1.54) is 0 Å². The highest BCUT2D eigenvalue weighted by molar-refractivity contribution is 5.90. The van der Waals surface area contributed by atoms with Crippen LogP contribution in [0.5, 0.6) is 11.5 Å². The number of aromatic hydroxyl groups is 1. The predicted octanol–water partition coefficient (Wildman–Crippen LogP) is 5.54. The van der Waals surface area contributed by atoms with Crippen LogP contribution in [0.25, 0.3) is 22.0 Å². The van der Waals surface area contributed by atoms with Gasteiger partial charge in [-0.2, -0.15) is 5.10 Å².